The van der Waals surface area contributed by atoms with Crippen LogP contribution in [0.3, 0.4) is 0 Å². The molecule has 4 atom stereocenters. The highest BCUT2D eigenvalue weighted by Gasteiger charge is 2.65. The Labute approximate surface area is 199 Å². The molecule has 170 valence electrons. The molecule has 34 heavy (non-hydrogen) atoms. The second-order valence-corrected chi connectivity index (χ2v) is 10.7. The summed E-state index contributed by atoms with van der Waals surface area (Å²) in [4.78, 5) is 6.50. The molecule has 2 N–H and O–H groups in total. The van der Waals surface area contributed by atoms with Crippen molar-refractivity contribution in [3.05, 3.63) is 94.7 Å². The maximum Gasteiger partial charge on any atom is 0.166 e. The van der Waals surface area contributed by atoms with Crippen LogP contribution in [0.15, 0.2) is 66.7 Å². The lowest BCUT2D eigenvalue weighted by Crippen LogP contribution is -2.63. The summed E-state index contributed by atoms with van der Waals surface area (Å²) in [6.07, 6.45) is 4.22. The van der Waals surface area contributed by atoms with Gasteiger partial charge in [-0.2, -0.15) is 0 Å². The van der Waals surface area contributed by atoms with Crippen LogP contribution in [0.1, 0.15) is 40.5 Å². The summed E-state index contributed by atoms with van der Waals surface area (Å²) in [6.45, 7) is 2.17. The SMILES string of the molecule is Oc1ccc2c3c1O[C@H]1c4[nH]c5ccccc5c4C[C@H]4[C@H](C2)N(CCc2ccccc2)CC[C@]314. The van der Waals surface area contributed by atoms with Crippen molar-refractivity contribution in [1.82, 2.24) is 9.88 Å². The van der Waals surface area contributed by atoms with Gasteiger partial charge in [0.05, 0.1) is 5.69 Å². The minimum Gasteiger partial charge on any atom is -0.504 e. The highest BCUT2D eigenvalue weighted by atomic mass is 16.5. The van der Waals surface area contributed by atoms with Gasteiger partial charge in [0.1, 0.15) is 6.10 Å². The summed E-state index contributed by atoms with van der Waals surface area (Å²) in [7, 11) is 0. The fraction of sp³-hybridized carbons (Fsp3) is 0.333. The Morgan fingerprint density at radius 3 is 2.76 bits per heavy atom. The number of ether oxygens (including phenoxy) is 1. The van der Waals surface area contributed by atoms with E-state index in [-0.39, 0.29) is 11.5 Å². The normalized spacial score (nSPS) is 28.4. The molecule has 2 aliphatic heterocycles. The maximum atomic E-state index is 10.8. The summed E-state index contributed by atoms with van der Waals surface area (Å²) in [6, 6.07) is 24.1. The number of nitrogens with one attached hydrogen (secondary N) is 1. The molecule has 2 aliphatic carbocycles. The third-order valence-corrected chi connectivity index (χ3v) is 9.29. The molecule has 2 bridgehead atoms. The molecule has 3 heterocycles. The zero-order valence-electron chi connectivity index (χ0n) is 19.1. The zero-order chi connectivity index (χ0) is 22.4. The number of phenols is 1. The molecular weight excluding hydrogens is 420 g/mol. The van der Waals surface area contributed by atoms with E-state index in [1.165, 1.54) is 38.9 Å². The van der Waals surface area contributed by atoms with Crippen molar-refractivity contribution >= 4 is 10.9 Å². The first-order chi connectivity index (χ1) is 16.7. The van der Waals surface area contributed by atoms with Crippen LogP contribution < -0.4 is 4.74 Å². The van der Waals surface area contributed by atoms with Crippen LogP contribution in [-0.2, 0) is 24.7 Å². The molecule has 1 saturated heterocycles. The van der Waals surface area contributed by atoms with Gasteiger partial charge in [-0.15, -0.1) is 0 Å². The quantitative estimate of drug-likeness (QED) is 0.448. The summed E-state index contributed by atoms with van der Waals surface area (Å²) in [5.41, 5.74) is 7.90. The lowest BCUT2D eigenvalue weighted by molar-refractivity contribution is -0.0350. The van der Waals surface area contributed by atoms with E-state index in [2.05, 4.69) is 70.5 Å². The molecule has 4 heteroatoms. The van der Waals surface area contributed by atoms with Crippen molar-refractivity contribution in [3.8, 4) is 11.5 Å². The molecule has 3 aromatic carbocycles. The van der Waals surface area contributed by atoms with Crippen molar-refractivity contribution < 1.29 is 9.84 Å². The van der Waals surface area contributed by atoms with Gasteiger partial charge in [0, 0.05) is 34.5 Å². The highest BCUT2D eigenvalue weighted by Crippen LogP contribution is 2.67. The lowest BCUT2D eigenvalue weighted by atomic mass is 9.51. The molecule has 1 aromatic heterocycles. The number of H-pyrrole nitrogens is 1. The molecule has 0 amide bonds. The number of hydrogen-bond donors (Lipinski definition) is 2. The number of aromatic amines is 1. The Morgan fingerprint density at radius 1 is 1.00 bits per heavy atom. The van der Waals surface area contributed by atoms with Gasteiger partial charge >= 0.3 is 0 Å². The molecule has 1 spiro atoms. The van der Waals surface area contributed by atoms with Crippen molar-refractivity contribution in [2.24, 2.45) is 5.92 Å². The van der Waals surface area contributed by atoms with Crippen molar-refractivity contribution in [1.29, 1.82) is 0 Å². The minimum atomic E-state index is -0.0521. The maximum absolute atomic E-state index is 10.8. The number of para-hydroxylation sites is 1. The van der Waals surface area contributed by atoms with Gasteiger partial charge in [0.25, 0.3) is 0 Å². The van der Waals surface area contributed by atoms with E-state index in [0.29, 0.717) is 17.7 Å². The van der Waals surface area contributed by atoms with Gasteiger partial charge in [-0.1, -0.05) is 54.6 Å². The van der Waals surface area contributed by atoms with E-state index in [1.807, 2.05) is 6.07 Å². The average Bonchev–Trinajstić information content (AvgIpc) is 3.41. The summed E-state index contributed by atoms with van der Waals surface area (Å²) < 4.78 is 6.73. The first kappa shape index (κ1) is 19.1. The van der Waals surface area contributed by atoms with E-state index < -0.39 is 0 Å². The topological polar surface area (TPSA) is 48.5 Å². The summed E-state index contributed by atoms with van der Waals surface area (Å²) >= 11 is 0. The molecule has 4 aliphatic rings. The fourth-order valence-electron chi connectivity index (χ4n) is 7.89. The predicted molar refractivity (Wildman–Crippen MR) is 132 cm³/mol. The van der Waals surface area contributed by atoms with Gasteiger partial charge in [-0.05, 0) is 67.0 Å². The molecule has 1 fully saturated rings. The van der Waals surface area contributed by atoms with E-state index in [9.17, 15) is 5.11 Å². The first-order valence-corrected chi connectivity index (χ1v) is 12.6. The number of nitrogens with zero attached hydrogens (tertiary/aromatic N) is 1. The molecule has 0 unspecified atom stereocenters. The molecule has 4 aromatic rings. The second-order valence-electron chi connectivity index (χ2n) is 10.7. The summed E-state index contributed by atoms with van der Waals surface area (Å²) in [5.74, 6) is 1.53. The van der Waals surface area contributed by atoms with E-state index >= 15 is 0 Å². The van der Waals surface area contributed by atoms with Gasteiger partial charge in [0.15, 0.2) is 11.5 Å². The van der Waals surface area contributed by atoms with Crippen molar-refractivity contribution in [2.45, 2.75) is 43.2 Å². The third-order valence-electron chi connectivity index (χ3n) is 9.29. The fourth-order valence-corrected chi connectivity index (χ4v) is 7.89. The number of fused-ring (bicyclic) bond motifs is 4. The lowest BCUT2D eigenvalue weighted by Gasteiger charge is -2.58. The highest BCUT2D eigenvalue weighted by molar-refractivity contribution is 5.86. The number of benzene rings is 3. The monoisotopic (exact) mass is 448 g/mol. The minimum absolute atomic E-state index is 0.0465. The summed E-state index contributed by atoms with van der Waals surface area (Å²) in [5, 5.41) is 12.1. The number of phenolic OH excluding ortho intramolecular Hbond substituents is 1. The zero-order valence-corrected chi connectivity index (χ0v) is 19.1. The van der Waals surface area contributed by atoms with Crippen LogP contribution in [-0.4, -0.2) is 34.1 Å². The Kier molecular flexibility index (Phi) is 3.75. The Bertz CT molecular complexity index is 1440. The molecular formula is C30H28N2O2. The molecule has 0 saturated carbocycles. The Morgan fingerprint density at radius 2 is 1.85 bits per heavy atom. The van der Waals surface area contributed by atoms with E-state index in [0.717, 1.165) is 44.5 Å². The molecule has 0 radical (unpaired) electrons. The second kappa shape index (κ2) is 6.67. The van der Waals surface area contributed by atoms with Gasteiger partial charge < -0.3 is 14.8 Å². The van der Waals surface area contributed by atoms with E-state index in [4.69, 9.17) is 4.74 Å². The van der Waals surface area contributed by atoms with Gasteiger partial charge in [0.2, 0.25) is 0 Å². The third kappa shape index (κ3) is 2.32. The van der Waals surface area contributed by atoms with Crippen LogP contribution in [0.5, 0.6) is 11.5 Å². The molecule has 8 rings (SSSR count). The number of hydrogen-bond acceptors (Lipinski definition) is 3. The van der Waals surface area contributed by atoms with Crippen LogP contribution in [0.2, 0.25) is 0 Å². The largest absolute Gasteiger partial charge is 0.504 e. The van der Waals surface area contributed by atoms with Crippen LogP contribution >= 0.6 is 0 Å². The number of likely N-dealkylation sites (tertiary alicyclic amines) is 1. The average molecular weight is 449 g/mol. The predicted octanol–water partition coefficient (Wildman–Crippen LogP) is 5.29. The Balaban J connectivity index is 1.28. The molecule has 4 nitrogen and oxygen atoms in total. The van der Waals surface area contributed by atoms with Gasteiger partial charge in [-0.25, -0.2) is 0 Å². The van der Waals surface area contributed by atoms with Gasteiger partial charge in [-0.3, -0.25) is 4.90 Å². The van der Waals surface area contributed by atoms with Crippen LogP contribution in [0.25, 0.3) is 10.9 Å². The number of aromatic hydroxyl groups is 1. The standard InChI is InChI=1S/C30H28N2O2/c33-25-11-10-19-16-24-22-17-21-20-8-4-5-9-23(20)31-27(21)29-30(22,26(19)28(25)34-29)13-15-32(24)14-12-18-6-2-1-3-7-18/h1-11,22,24,29,31,33H,12-17H2/t22-,24-,29-,30-/m0/s1. The smallest absolute Gasteiger partial charge is 0.166 e. The number of piperidine rings is 1. The van der Waals surface area contributed by atoms with Crippen LogP contribution in [0, 0.1) is 5.92 Å². The van der Waals surface area contributed by atoms with Crippen molar-refractivity contribution in [3.63, 3.8) is 0 Å². The van der Waals surface area contributed by atoms with Crippen molar-refractivity contribution in [2.75, 3.05) is 13.1 Å². The van der Waals surface area contributed by atoms with Crippen LogP contribution in [0.4, 0.5) is 0 Å². The Hall–Kier alpha value is -3.24. The number of rotatable bonds is 3. The van der Waals surface area contributed by atoms with E-state index in [1.54, 1.807) is 0 Å². The first-order valence-electron chi connectivity index (χ1n) is 12.6. The number of aromatic nitrogens is 1.